The number of amides is 1. The minimum atomic E-state index is -0.498. The number of carbonyl (C=O) groups excluding carboxylic acids is 2. The first-order valence-electron chi connectivity index (χ1n) is 16.9. The summed E-state index contributed by atoms with van der Waals surface area (Å²) in [6.07, 6.45) is 4.31. The number of ether oxygens (including phenoxy) is 3. The van der Waals surface area contributed by atoms with Gasteiger partial charge in [-0.3, -0.25) is 14.5 Å². The lowest BCUT2D eigenvalue weighted by Gasteiger charge is -2.42. The molecule has 258 valence electrons. The normalized spacial score (nSPS) is 18.9. The van der Waals surface area contributed by atoms with Crippen LogP contribution in [-0.4, -0.2) is 122 Å². The van der Waals surface area contributed by atoms with Gasteiger partial charge < -0.3 is 34.2 Å². The van der Waals surface area contributed by atoms with Crippen LogP contribution < -0.4 is 19.7 Å². The topological polar surface area (TPSA) is 136 Å². The third-order valence-corrected chi connectivity index (χ3v) is 9.54. The third-order valence-electron chi connectivity index (χ3n) is 9.54. The Morgan fingerprint density at radius 3 is 2.51 bits per heavy atom. The molecule has 13 heteroatoms. The van der Waals surface area contributed by atoms with Crippen molar-refractivity contribution < 1.29 is 23.8 Å². The number of methoxy groups -OCH3 is 1. The maximum Gasteiger partial charge on any atom is 0.303 e. The van der Waals surface area contributed by atoms with E-state index >= 15 is 0 Å². The first-order valence-corrected chi connectivity index (χ1v) is 16.9. The fraction of sp³-hybridized carbons (Fsp3) is 0.472. The number of anilines is 3. The van der Waals surface area contributed by atoms with Gasteiger partial charge >= 0.3 is 5.97 Å². The van der Waals surface area contributed by atoms with E-state index in [1.807, 2.05) is 18.2 Å². The summed E-state index contributed by atoms with van der Waals surface area (Å²) in [5.74, 6) is 0.893. The van der Waals surface area contributed by atoms with Crippen LogP contribution in [0.25, 0.3) is 11.3 Å². The molecule has 0 bridgehead atoms. The van der Waals surface area contributed by atoms with Crippen LogP contribution in [-0.2, 0) is 14.3 Å². The van der Waals surface area contributed by atoms with E-state index in [9.17, 15) is 14.9 Å². The van der Waals surface area contributed by atoms with Crippen LogP contribution in [0, 0.1) is 11.3 Å². The summed E-state index contributed by atoms with van der Waals surface area (Å²) < 4.78 is 16.8. The van der Waals surface area contributed by atoms with E-state index < -0.39 is 5.97 Å². The number of carbonyl (C=O) groups is 2. The predicted molar refractivity (Wildman–Crippen MR) is 185 cm³/mol. The fourth-order valence-corrected chi connectivity index (χ4v) is 6.75. The fourth-order valence-electron chi connectivity index (χ4n) is 6.75. The van der Waals surface area contributed by atoms with E-state index in [2.05, 4.69) is 44.2 Å². The average Bonchev–Trinajstić information content (AvgIpc) is 3.60. The molecule has 0 spiro atoms. The number of piperidine rings is 1. The van der Waals surface area contributed by atoms with Crippen LogP contribution in [0.1, 0.15) is 31.7 Å². The van der Waals surface area contributed by atoms with E-state index in [0.717, 1.165) is 74.8 Å². The molecule has 3 saturated heterocycles. The molecule has 13 nitrogen and oxygen atoms in total. The third kappa shape index (κ3) is 8.39. The van der Waals surface area contributed by atoms with Crippen LogP contribution in [0.4, 0.5) is 17.3 Å². The summed E-state index contributed by atoms with van der Waals surface area (Å²) in [5, 5.41) is 13.2. The van der Waals surface area contributed by atoms with Crippen molar-refractivity contribution in [3.63, 3.8) is 0 Å². The molecule has 4 heterocycles. The number of esters is 1. The molecule has 0 saturated carbocycles. The van der Waals surface area contributed by atoms with Crippen LogP contribution in [0.3, 0.4) is 0 Å². The Morgan fingerprint density at radius 2 is 1.78 bits per heavy atom. The highest BCUT2D eigenvalue weighted by molar-refractivity contribution is 5.80. The van der Waals surface area contributed by atoms with Crippen LogP contribution in [0.15, 0.2) is 48.7 Å². The first-order chi connectivity index (χ1) is 23.8. The minimum Gasteiger partial charge on any atom is -0.495 e. The molecule has 3 aliphatic rings. The Labute approximate surface area is 287 Å². The highest BCUT2D eigenvalue weighted by Crippen LogP contribution is 2.35. The number of nitrogens with zero attached hydrogens (tertiary/aromatic N) is 7. The quantitative estimate of drug-likeness (QED) is 0.317. The number of piperazine rings is 1. The summed E-state index contributed by atoms with van der Waals surface area (Å²) in [6, 6.07) is 16.1. The van der Waals surface area contributed by atoms with Gasteiger partial charge in [0.05, 0.1) is 30.6 Å². The first kappa shape index (κ1) is 34.0. The number of rotatable bonds is 10. The van der Waals surface area contributed by atoms with Crippen molar-refractivity contribution in [2.45, 2.75) is 38.3 Å². The molecule has 1 N–H and O–H groups in total. The Balaban J connectivity index is 1.07. The molecule has 6 rings (SSSR count). The maximum absolute atomic E-state index is 12.3. The van der Waals surface area contributed by atoms with Gasteiger partial charge in [0.2, 0.25) is 5.95 Å². The van der Waals surface area contributed by atoms with Crippen LogP contribution >= 0.6 is 0 Å². The van der Waals surface area contributed by atoms with Gasteiger partial charge in [-0.2, -0.15) is 5.26 Å². The Kier molecular flexibility index (Phi) is 10.8. The summed E-state index contributed by atoms with van der Waals surface area (Å²) in [6.45, 7) is 8.41. The van der Waals surface area contributed by atoms with Crippen molar-refractivity contribution in [3.8, 4) is 28.8 Å². The summed E-state index contributed by atoms with van der Waals surface area (Å²) in [7, 11) is 3.90. The smallest absolute Gasteiger partial charge is 0.303 e. The van der Waals surface area contributed by atoms with Gasteiger partial charge in [-0.15, -0.1) is 0 Å². The maximum atomic E-state index is 12.3. The molecule has 1 atom stereocenters. The zero-order valence-corrected chi connectivity index (χ0v) is 28.4. The molecule has 1 amide bonds. The van der Waals surface area contributed by atoms with Crippen molar-refractivity contribution in [1.29, 1.82) is 5.26 Å². The second-order valence-electron chi connectivity index (χ2n) is 12.8. The van der Waals surface area contributed by atoms with Gasteiger partial charge in [0.15, 0.2) is 6.61 Å². The zero-order chi connectivity index (χ0) is 34.3. The summed E-state index contributed by atoms with van der Waals surface area (Å²) in [5.41, 5.74) is 3.65. The Hall–Kier alpha value is -4.93. The van der Waals surface area contributed by atoms with Crippen molar-refractivity contribution in [3.05, 3.63) is 54.2 Å². The molecular weight excluding hydrogens is 624 g/mol. The largest absolute Gasteiger partial charge is 0.495 e. The van der Waals surface area contributed by atoms with Gasteiger partial charge in [0.1, 0.15) is 23.7 Å². The number of likely N-dealkylation sites (N-methyl/N-ethyl adjacent to an activating group) is 1. The van der Waals surface area contributed by atoms with E-state index in [0.29, 0.717) is 48.5 Å². The zero-order valence-electron chi connectivity index (χ0n) is 28.4. The van der Waals surface area contributed by atoms with Crippen LogP contribution in [0.5, 0.6) is 11.5 Å². The molecule has 3 aliphatic heterocycles. The lowest BCUT2D eigenvalue weighted by Crippen LogP contribution is -2.52. The predicted octanol–water partition coefficient (Wildman–Crippen LogP) is 3.53. The van der Waals surface area contributed by atoms with Crippen LogP contribution in [0.2, 0.25) is 0 Å². The number of benzene rings is 2. The minimum absolute atomic E-state index is 0.267. The molecule has 2 aromatic carbocycles. The molecule has 0 aliphatic carbocycles. The molecule has 1 aromatic heterocycles. The molecular formula is C36H44N8O5. The Morgan fingerprint density at radius 1 is 0.980 bits per heavy atom. The van der Waals surface area contributed by atoms with Gasteiger partial charge in [0.25, 0.3) is 5.91 Å². The van der Waals surface area contributed by atoms with Gasteiger partial charge in [0, 0.05) is 88.7 Å². The molecule has 3 aromatic rings. The standard InChI is InChI=1S/C36H44N8O5/c1-25(45)48-24-35(46)44-15-11-30(23-44)49-33-7-4-26(20-27(33)22-37)31-8-12-38-36(40-31)39-28-5-6-32(34(21-28)47-3)43-13-9-29(10-14-43)42-18-16-41(2)17-19-42/h4-8,12,20-21,29-30H,9-11,13-19,23-24H2,1-3H3,(H,38,39,40). The van der Waals surface area contributed by atoms with E-state index in [1.165, 1.54) is 6.92 Å². The summed E-state index contributed by atoms with van der Waals surface area (Å²) >= 11 is 0. The van der Waals surface area contributed by atoms with Gasteiger partial charge in [-0.05, 0) is 56.3 Å². The van der Waals surface area contributed by atoms with Crippen molar-refractivity contribution in [2.75, 3.05) is 83.3 Å². The van der Waals surface area contributed by atoms with Gasteiger partial charge in [-0.1, -0.05) is 0 Å². The number of nitriles is 1. The van der Waals surface area contributed by atoms with E-state index in [-0.39, 0.29) is 18.6 Å². The molecule has 1 unspecified atom stereocenters. The molecule has 49 heavy (non-hydrogen) atoms. The number of likely N-dealkylation sites (tertiary alicyclic amines) is 1. The second kappa shape index (κ2) is 15.5. The highest BCUT2D eigenvalue weighted by atomic mass is 16.5. The van der Waals surface area contributed by atoms with Crippen molar-refractivity contribution in [1.82, 2.24) is 24.7 Å². The van der Waals surface area contributed by atoms with Gasteiger partial charge in [-0.25, -0.2) is 9.97 Å². The lowest BCUT2D eigenvalue weighted by molar-refractivity contribution is -0.149. The Bertz CT molecular complexity index is 1680. The second-order valence-corrected chi connectivity index (χ2v) is 12.8. The summed E-state index contributed by atoms with van der Waals surface area (Å²) in [4.78, 5) is 41.6. The van der Waals surface area contributed by atoms with Crippen molar-refractivity contribution >= 4 is 29.2 Å². The van der Waals surface area contributed by atoms with E-state index in [4.69, 9.17) is 19.2 Å². The highest BCUT2D eigenvalue weighted by Gasteiger charge is 2.29. The number of hydrogen-bond acceptors (Lipinski definition) is 12. The number of hydrogen-bond donors (Lipinski definition) is 1. The number of aromatic nitrogens is 2. The SMILES string of the molecule is COc1cc(Nc2nccc(-c3ccc(OC4CCN(C(=O)COC(C)=O)C4)c(C#N)c3)n2)ccc1N1CCC(N2CCN(C)CC2)CC1. The monoisotopic (exact) mass is 668 g/mol. The number of nitrogens with one attached hydrogen (secondary N) is 1. The molecule has 3 fully saturated rings. The average molecular weight is 669 g/mol. The van der Waals surface area contributed by atoms with Crippen molar-refractivity contribution in [2.24, 2.45) is 0 Å². The van der Waals surface area contributed by atoms with E-state index in [1.54, 1.807) is 36.4 Å². The lowest BCUT2D eigenvalue weighted by atomic mass is 10.0. The molecule has 0 radical (unpaired) electrons.